The van der Waals surface area contributed by atoms with Crippen LogP contribution in [0.5, 0.6) is 0 Å². The fourth-order valence-electron chi connectivity index (χ4n) is 4.38. The normalized spacial score (nSPS) is 12.7. The molecule has 1 aliphatic rings. The van der Waals surface area contributed by atoms with Gasteiger partial charge in [0.05, 0.1) is 11.6 Å². The summed E-state index contributed by atoms with van der Waals surface area (Å²) in [6.07, 6.45) is 11.8. The van der Waals surface area contributed by atoms with Crippen LogP contribution in [0.15, 0.2) is 144 Å². The van der Waals surface area contributed by atoms with E-state index in [0.29, 0.717) is 11.1 Å². The van der Waals surface area contributed by atoms with Gasteiger partial charge in [-0.1, -0.05) is 103 Å². The monoisotopic (exact) mass is 557 g/mol. The Bertz CT molecular complexity index is 1830. The average molecular weight is 558 g/mol. The smallest absolute Gasteiger partial charge is 0.138 e. The second-order valence-electron chi connectivity index (χ2n) is 9.13. The third kappa shape index (κ3) is 6.61. The van der Waals surface area contributed by atoms with E-state index in [1.54, 1.807) is 18.2 Å². The van der Waals surface area contributed by atoms with Gasteiger partial charge in [-0.25, -0.2) is 0 Å². The molecule has 198 valence electrons. The van der Waals surface area contributed by atoms with Crippen molar-refractivity contribution in [2.45, 2.75) is 0 Å². The number of nitriles is 3. The van der Waals surface area contributed by atoms with E-state index in [-0.39, 0.29) is 11.1 Å². The highest BCUT2D eigenvalue weighted by Gasteiger charge is 2.16. The van der Waals surface area contributed by atoms with Crippen LogP contribution in [0.1, 0.15) is 26.4 Å². The van der Waals surface area contributed by atoms with Crippen molar-refractivity contribution in [1.82, 2.24) is 0 Å². The molecule has 0 N–H and O–H groups in total. The van der Waals surface area contributed by atoms with Crippen LogP contribution in [0.4, 0.5) is 0 Å². The second-order valence-corrected chi connectivity index (χ2v) is 10.3. The lowest BCUT2D eigenvalue weighted by Gasteiger charge is -2.18. The summed E-state index contributed by atoms with van der Waals surface area (Å²) in [6, 6.07) is 39.0. The quantitative estimate of drug-likeness (QED) is 0.168. The zero-order valence-electron chi connectivity index (χ0n) is 22.4. The highest BCUT2D eigenvalue weighted by molar-refractivity contribution is 7.13. The number of allylic oxidation sites excluding steroid dienone is 8. The van der Waals surface area contributed by atoms with Crippen LogP contribution < -0.4 is 0 Å². The Labute approximate surface area is 249 Å². The van der Waals surface area contributed by atoms with Gasteiger partial charge < -0.3 is 4.74 Å². The van der Waals surface area contributed by atoms with Gasteiger partial charge in [-0.2, -0.15) is 15.8 Å². The summed E-state index contributed by atoms with van der Waals surface area (Å²) in [4.78, 5) is 1.83. The van der Waals surface area contributed by atoms with Crippen molar-refractivity contribution in [3.8, 4) is 18.2 Å². The molecular formula is C37H23N3OS. The molecule has 5 rings (SSSR count). The Kier molecular flexibility index (Phi) is 8.83. The Morgan fingerprint density at radius 2 is 1.19 bits per heavy atom. The summed E-state index contributed by atoms with van der Waals surface area (Å²) in [5.74, 6) is 1.56. The van der Waals surface area contributed by atoms with Crippen molar-refractivity contribution in [2.75, 3.05) is 0 Å². The van der Waals surface area contributed by atoms with E-state index in [2.05, 4.69) is 6.07 Å². The second kappa shape index (κ2) is 13.4. The molecule has 1 aromatic heterocycles. The van der Waals surface area contributed by atoms with E-state index in [1.807, 2.05) is 134 Å². The minimum Gasteiger partial charge on any atom is -0.456 e. The SMILES string of the molecule is N#CC(C#N)=C(/C(C#N)=C/c1ccc(/C=C/C=C2C=C(c3ccccc3)OC(c3ccccc3)=C2)s1)c1ccccc1. The maximum Gasteiger partial charge on any atom is 0.138 e. The van der Waals surface area contributed by atoms with Crippen LogP contribution in [0.3, 0.4) is 0 Å². The predicted octanol–water partition coefficient (Wildman–Crippen LogP) is 9.21. The molecule has 0 radical (unpaired) electrons. The number of benzene rings is 3. The van der Waals surface area contributed by atoms with Gasteiger partial charge in [-0.3, -0.25) is 0 Å². The number of rotatable bonds is 7. The minimum absolute atomic E-state index is 0.0976. The summed E-state index contributed by atoms with van der Waals surface area (Å²) in [7, 11) is 0. The van der Waals surface area contributed by atoms with Gasteiger partial charge in [0.25, 0.3) is 0 Å². The van der Waals surface area contributed by atoms with Gasteiger partial charge in [0, 0.05) is 26.5 Å². The zero-order valence-corrected chi connectivity index (χ0v) is 23.3. The van der Waals surface area contributed by atoms with Crippen LogP contribution in [0, 0.1) is 34.0 Å². The summed E-state index contributed by atoms with van der Waals surface area (Å²) in [5, 5.41) is 29.0. The van der Waals surface area contributed by atoms with Gasteiger partial charge in [-0.05, 0) is 47.6 Å². The maximum atomic E-state index is 9.95. The van der Waals surface area contributed by atoms with Gasteiger partial charge in [0.1, 0.15) is 29.2 Å². The molecule has 4 nitrogen and oxygen atoms in total. The molecule has 0 bridgehead atoms. The summed E-state index contributed by atoms with van der Waals surface area (Å²) < 4.78 is 6.27. The number of nitrogens with zero attached hydrogens (tertiary/aromatic N) is 3. The molecule has 0 atom stereocenters. The fourth-order valence-corrected chi connectivity index (χ4v) is 5.24. The molecule has 3 aromatic carbocycles. The molecule has 0 spiro atoms. The van der Waals surface area contributed by atoms with E-state index in [1.165, 1.54) is 11.3 Å². The Morgan fingerprint density at radius 1 is 0.643 bits per heavy atom. The molecule has 0 saturated heterocycles. The number of hydrogen-bond donors (Lipinski definition) is 0. The largest absolute Gasteiger partial charge is 0.456 e. The van der Waals surface area contributed by atoms with Gasteiger partial charge in [0.2, 0.25) is 0 Å². The van der Waals surface area contributed by atoms with Crippen molar-refractivity contribution in [3.63, 3.8) is 0 Å². The molecule has 2 heterocycles. The Morgan fingerprint density at radius 3 is 1.74 bits per heavy atom. The predicted molar refractivity (Wildman–Crippen MR) is 170 cm³/mol. The van der Waals surface area contributed by atoms with Crippen LogP contribution in [0.25, 0.3) is 29.2 Å². The first-order valence-corrected chi connectivity index (χ1v) is 13.9. The molecule has 0 aliphatic carbocycles. The summed E-state index contributed by atoms with van der Waals surface area (Å²) in [6.45, 7) is 0. The molecule has 5 heteroatoms. The molecule has 42 heavy (non-hydrogen) atoms. The van der Waals surface area contributed by atoms with Crippen LogP contribution in [0.2, 0.25) is 0 Å². The molecule has 0 amide bonds. The average Bonchev–Trinajstić information content (AvgIpc) is 3.51. The van der Waals surface area contributed by atoms with E-state index in [0.717, 1.165) is 38.0 Å². The van der Waals surface area contributed by atoms with Crippen LogP contribution in [-0.4, -0.2) is 0 Å². The topological polar surface area (TPSA) is 80.6 Å². The van der Waals surface area contributed by atoms with E-state index < -0.39 is 0 Å². The maximum absolute atomic E-state index is 9.95. The molecule has 0 unspecified atom stereocenters. The highest BCUT2D eigenvalue weighted by Crippen LogP contribution is 2.33. The number of thiophene rings is 1. The van der Waals surface area contributed by atoms with Gasteiger partial charge >= 0.3 is 0 Å². The third-order valence-electron chi connectivity index (χ3n) is 6.34. The lowest BCUT2D eigenvalue weighted by molar-refractivity contribution is 0.467. The molecule has 4 aromatic rings. The van der Waals surface area contributed by atoms with Crippen molar-refractivity contribution in [2.24, 2.45) is 0 Å². The highest BCUT2D eigenvalue weighted by atomic mass is 32.1. The van der Waals surface area contributed by atoms with Gasteiger partial charge in [-0.15, -0.1) is 11.3 Å². The molecule has 1 aliphatic heterocycles. The Hall–Kier alpha value is -5.93. The van der Waals surface area contributed by atoms with E-state index in [4.69, 9.17) is 4.74 Å². The summed E-state index contributed by atoms with van der Waals surface area (Å²) in [5.41, 5.74) is 4.14. The first-order chi connectivity index (χ1) is 20.7. The van der Waals surface area contributed by atoms with Crippen LogP contribution >= 0.6 is 11.3 Å². The van der Waals surface area contributed by atoms with Crippen LogP contribution in [-0.2, 0) is 4.74 Å². The number of hydrogen-bond acceptors (Lipinski definition) is 5. The first-order valence-electron chi connectivity index (χ1n) is 13.1. The van der Waals surface area contributed by atoms with Crippen molar-refractivity contribution >= 4 is 40.6 Å². The Balaban J connectivity index is 1.43. The lowest BCUT2D eigenvalue weighted by Crippen LogP contribution is -1.99. The van der Waals surface area contributed by atoms with Crippen molar-refractivity contribution in [3.05, 3.63) is 171 Å². The fraction of sp³-hybridized carbons (Fsp3) is 0. The van der Waals surface area contributed by atoms with Crippen molar-refractivity contribution in [1.29, 1.82) is 15.8 Å². The number of ether oxygens (including phenoxy) is 1. The molecule has 0 saturated carbocycles. The standard InChI is InChI=1S/C37H23N3OS/c38-24-31(37(32(25-39)26-40)30-16-8-3-9-17-30)23-34-20-19-33(42-34)18-10-11-27-21-35(28-12-4-1-5-13-28)41-36(22-27)29-14-6-2-7-15-29/h1-23H/b18-10+,31-23+. The molecule has 0 fully saturated rings. The van der Waals surface area contributed by atoms with Crippen molar-refractivity contribution < 1.29 is 4.74 Å². The summed E-state index contributed by atoms with van der Waals surface area (Å²) >= 11 is 1.51. The third-order valence-corrected chi connectivity index (χ3v) is 7.34. The van der Waals surface area contributed by atoms with E-state index >= 15 is 0 Å². The molecular weight excluding hydrogens is 534 g/mol. The zero-order chi connectivity index (χ0) is 29.1. The van der Waals surface area contributed by atoms with E-state index in [9.17, 15) is 15.8 Å². The first kappa shape index (κ1) is 27.6. The minimum atomic E-state index is -0.0976. The lowest BCUT2D eigenvalue weighted by atomic mass is 9.94. The van der Waals surface area contributed by atoms with Gasteiger partial charge in [0.15, 0.2) is 0 Å².